The second-order valence-corrected chi connectivity index (χ2v) is 8.44. The summed E-state index contributed by atoms with van der Waals surface area (Å²) in [7, 11) is -1.20. The van der Waals surface area contributed by atoms with Crippen LogP contribution in [0.5, 0.6) is 0 Å². The van der Waals surface area contributed by atoms with E-state index in [1.165, 1.54) is 0 Å². The fourth-order valence-electron chi connectivity index (χ4n) is 1.01. The molecule has 17 heavy (non-hydrogen) atoms. The minimum Gasteiger partial charge on any atom is -0.237 e. The first-order chi connectivity index (χ1) is 7.88. The molecule has 1 aromatic rings. The van der Waals surface area contributed by atoms with E-state index in [-0.39, 0.29) is 4.75 Å². The minimum atomic E-state index is -1.20. The molecule has 0 saturated heterocycles. The highest BCUT2D eigenvalue weighted by Gasteiger charge is 2.20. The minimum absolute atomic E-state index is 0.312. The highest BCUT2D eigenvalue weighted by molar-refractivity contribution is 8.00. The Bertz CT molecular complexity index is 432. The Morgan fingerprint density at radius 1 is 1.59 bits per heavy atom. The molecule has 3 nitrogen and oxygen atoms in total. The van der Waals surface area contributed by atoms with Crippen LogP contribution in [0, 0.1) is 0 Å². The Labute approximate surface area is 114 Å². The molecule has 0 bridgehead atoms. The molecule has 1 rings (SSSR count). The van der Waals surface area contributed by atoms with Gasteiger partial charge in [-0.2, -0.15) is 4.40 Å². The summed E-state index contributed by atoms with van der Waals surface area (Å²) in [6.07, 6.45) is 4.59. The number of thioether (sulfide) groups is 1. The second kappa shape index (κ2) is 6.11. The van der Waals surface area contributed by atoms with Crippen molar-refractivity contribution >= 4 is 39.8 Å². The van der Waals surface area contributed by atoms with Crippen LogP contribution in [0.1, 0.15) is 39.0 Å². The highest BCUT2D eigenvalue weighted by atomic mass is 32.2. The predicted octanol–water partition coefficient (Wildman–Crippen LogP) is 3.53. The van der Waals surface area contributed by atoms with Gasteiger partial charge < -0.3 is 0 Å². The highest BCUT2D eigenvalue weighted by Crippen LogP contribution is 2.24. The van der Waals surface area contributed by atoms with Crippen molar-refractivity contribution in [3.63, 3.8) is 0 Å². The monoisotopic (exact) mass is 290 g/mol. The van der Waals surface area contributed by atoms with Gasteiger partial charge in [-0.05, 0) is 33.4 Å². The van der Waals surface area contributed by atoms with Crippen LogP contribution in [0.25, 0.3) is 0 Å². The fourth-order valence-corrected chi connectivity index (χ4v) is 3.23. The summed E-state index contributed by atoms with van der Waals surface area (Å²) in [5, 5.41) is 0. The Kier molecular flexibility index (Phi) is 5.34. The third kappa shape index (κ3) is 4.19. The van der Waals surface area contributed by atoms with Crippen molar-refractivity contribution < 1.29 is 4.21 Å². The van der Waals surface area contributed by atoms with E-state index in [4.69, 9.17) is 0 Å². The Hall–Kier alpha value is -0.200. The van der Waals surface area contributed by atoms with Gasteiger partial charge in [-0.3, -0.25) is 0 Å². The molecule has 0 saturated carbocycles. The number of hydrogen-bond acceptors (Lipinski definition) is 4. The third-order valence-electron chi connectivity index (χ3n) is 2.00. The number of aromatic nitrogens is 1. The summed E-state index contributed by atoms with van der Waals surface area (Å²) >= 11 is 3.22. The van der Waals surface area contributed by atoms with E-state index in [0.29, 0.717) is 0 Å². The summed E-state index contributed by atoms with van der Waals surface area (Å²) in [6, 6.07) is 0. The SMILES string of the molecule is CC/C(=N\S(=O)C(C)(C)C)c1cnc(SC)s1. The van der Waals surface area contributed by atoms with Gasteiger partial charge in [0.2, 0.25) is 0 Å². The van der Waals surface area contributed by atoms with E-state index in [0.717, 1.165) is 21.3 Å². The van der Waals surface area contributed by atoms with Crippen LogP contribution < -0.4 is 0 Å². The lowest BCUT2D eigenvalue weighted by molar-refractivity contribution is 0.650. The molecule has 1 atom stereocenters. The first kappa shape index (κ1) is 14.9. The van der Waals surface area contributed by atoms with Crippen LogP contribution in [0.3, 0.4) is 0 Å². The van der Waals surface area contributed by atoms with E-state index in [1.54, 1.807) is 23.1 Å². The zero-order valence-electron chi connectivity index (χ0n) is 10.8. The van der Waals surface area contributed by atoms with Gasteiger partial charge >= 0.3 is 0 Å². The zero-order chi connectivity index (χ0) is 13.1. The van der Waals surface area contributed by atoms with E-state index in [1.807, 2.05) is 40.1 Å². The Balaban J connectivity index is 2.99. The van der Waals surface area contributed by atoms with E-state index in [9.17, 15) is 4.21 Å². The lowest BCUT2D eigenvalue weighted by Crippen LogP contribution is -2.20. The zero-order valence-corrected chi connectivity index (χ0v) is 13.3. The first-order valence-corrected chi connectivity index (χ1v) is 8.53. The molecule has 6 heteroatoms. The summed E-state index contributed by atoms with van der Waals surface area (Å²) in [5.74, 6) is 0. The molecule has 0 fully saturated rings. The van der Waals surface area contributed by atoms with Crippen LogP contribution in [0.2, 0.25) is 0 Å². The molecular weight excluding hydrogens is 272 g/mol. The van der Waals surface area contributed by atoms with Gasteiger partial charge in [-0.1, -0.05) is 18.7 Å². The van der Waals surface area contributed by atoms with Crippen molar-refractivity contribution in [2.45, 2.75) is 43.2 Å². The van der Waals surface area contributed by atoms with Crippen LogP contribution in [0.4, 0.5) is 0 Å². The molecule has 0 radical (unpaired) electrons. The van der Waals surface area contributed by atoms with Gasteiger partial charge in [0.15, 0.2) is 0 Å². The van der Waals surface area contributed by atoms with E-state index < -0.39 is 11.0 Å². The van der Waals surface area contributed by atoms with Crippen molar-refractivity contribution in [2.75, 3.05) is 6.26 Å². The van der Waals surface area contributed by atoms with Crippen molar-refractivity contribution in [3.05, 3.63) is 11.1 Å². The van der Waals surface area contributed by atoms with Gasteiger partial charge in [0.25, 0.3) is 0 Å². The van der Waals surface area contributed by atoms with Crippen molar-refractivity contribution in [3.8, 4) is 0 Å². The maximum Gasteiger partial charge on any atom is 0.150 e. The topological polar surface area (TPSA) is 42.3 Å². The molecule has 96 valence electrons. The molecule has 0 aliphatic rings. The van der Waals surface area contributed by atoms with E-state index >= 15 is 0 Å². The molecular formula is C11H18N2OS3. The third-order valence-corrected chi connectivity index (χ3v) is 5.47. The maximum atomic E-state index is 12.0. The van der Waals surface area contributed by atoms with Gasteiger partial charge in [0.1, 0.15) is 15.3 Å². The number of thiazole rings is 1. The molecule has 0 spiro atoms. The van der Waals surface area contributed by atoms with Crippen molar-refractivity contribution in [1.29, 1.82) is 0 Å². The van der Waals surface area contributed by atoms with Crippen LogP contribution in [0.15, 0.2) is 14.9 Å². The fraction of sp³-hybridized carbons (Fsp3) is 0.636. The van der Waals surface area contributed by atoms with Gasteiger partial charge in [0.05, 0.1) is 15.3 Å². The second-order valence-electron chi connectivity index (χ2n) is 4.45. The molecule has 0 N–H and O–H groups in total. The normalized spacial score (nSPS) is 15.0. The quantitative estimate of drug-likeness (QED) is 0.629. The Morgan fingerprint density at radius 3 is 2.65 bits per heavy atom. The number of hydrogen-bond donors (Lipinski definition) is 0. The van der Waals surface area contributed by atoms with Gasteiger partial charge in [-0.25, -0.2) is 9.19 Å². The molecule has 1 aromatic heterocycles. The lowest BCUT2D eigenvalue weighted by Gasteiger charge is -2.14. The lowest BCUT2D eigenvalue weighted by atomic mass is 10.3. The average molecular weight is 290 g/mol. The Morgan fingerprint density at radius 2 is 2.24 bits per heavy atom. The van der Waals surface area contributed by atoms with Gasteiger partial charge in [0, 0.05) is 6.20 Å². The largest absolute Gasteiger partial charge is 0.237 e. The molecule has 1 unspecified atom stereocenters. The van der Waals surface area contributed by atoms with Crippen molar-refractivity contribution in [1.82, 2.24) is 4.98 Å². The molecule has 0 aliphatic carbocycles. The van der Waals surface area contributed by atoms with Crippen molar-refractivity contribution in [2.24, 2.45) is 4.40 Å². The number of rotatable bonds is 4. The molecule has 0 amide bonds. The standard InChI is InChI=1S/C11H18N2OS3/c1-6-8(13-17(14)11(2,3)4)9-7-12-10(15-5)16-9/h7H,6H2,1-5H3/b13-8+. The van der Waals surface area contributed by atoms with Crippen LogP contribution >= 0.6 is 23.1 Å². The summed E-state index contributed by atoms with van der Waals surface area (Å²) in [5.41, 5.74) is 0.885. The molecule has 0 aromatic carbocycles. The summed E-state index contributed by atoms with van der Waals surface area (Å²) in [6.45, 7) is 7.82. The predicted molar refractivity (Wildman–Crippen MR) is 78.6 cm³/mol. The average Bonchev–Trinajstić information content (AvgIpc) is 2.72. The first-order valence-electron chi connectivity index (χ1n) is 5.38. The molecule has 1 heterocycles. The molecule has 0 aliphatic heterocycles. The number of nitrogens with zero attached hydrogens (tertiary/aromatic N) is 2. The van der Waals surface area contributed by atoms with E-state index in [2.05, 4.69) is 9.38 Å². The summed E-state index contributed by atoms with van der Waals surface area (Å²) in [4.78, 5) is 5.30. The smallest absolute Gasteiger partial charge is 0.150 e. The van der Waals surface area contributed by atoms with Crippen LogP contribution in [-0.2, 0) is 11.0 Å². The maximum absolute atomic E-state index is 12.0. The summed E-state index contributed by atoms with van der Waals surface area (Å²) < 4.78 is 17.0. The van der Waals surface area contributed by atoms with Crippen LogP contribution in [-0.4, -0.2) is 25.9 Å². The van der Waals surface area contributed by atoms with Gasteiger partial charge in [-0.15, -0.1) is 11.3 Å².